The molecule has 27 heavy (non-hydrogen) atoms. The van der Waals surface area contributed by atoms with Gasteiger partial charge in [-0.05, 0) is 32.4 Å². The maximum atomic E-state index is 12.5. The summed E-state index contributed by atoms with van der Waals surface area (Å²) in [5.74, 6) is 0.452. The second kappa shape index (κ2) is 9.41. The van der Waals surface area contributed by atoms with Gasteiger partial charge in [0, 0.05) is 5.56 Å². The van der Waals surface area contributed by atoms with E-state index in [2.05, 4.69) is 16.7 Å². The number of rotatable bonds is 8. The average molecular weight is 376 g/mol. The number of hydrogen-bond acceptors (Lipinski definition) is 4. The number of urea groups is 1. The smallest absolute Gasteiger partial charge is 0.338 e. The third-order valence-electron chi connectivity index (χ3n) is 4.55. The van der Waals surface area contributed by atoms with Crippen LogP contribution in [0.4, 0.5) is 4.79 Å². The van der Waals surface area contributed by atoms with Crippen LogP contribution in [-0.2, 0) is 16.1 Å². The van der Waals surface area contributed by atoms with Gasteiger partial charge in [-0.2, -0.15) is 0 Å². The highest BCUT2D eigenvalue weighted by molar-refractivity contribution is 5.94. The number of aryl methyl sites for hydroxylation is 1. The Balaban J connectivity index is 2.26. The molecule has 0 aliphatic carbocycles. The van der Waals surface area contributed by atoms with Crippen molar-refractivity contribution >= 4 is 12.0 Å². The van der Waals surface area contributed by atoms with Crippen molar-refractivity contribution in [1.29, 1.82) is 0 Å². The van der Waals surface area contributed by atoms with Gasteiger partial charge in [0.15, 0.2) is 0 Å². The fraction of sp³-hybridized carbons (Fsp3) is 0.500. The Hall–Kier alpha value is -2.54. The van der Waals surface area contributed by atoms with Crippen LogP contribution >= 0.6 is 0 Å². The second-order valence-electron chi connectivity index (χ2n) is 6.80. The number of quaternary nitrogens is 1. The molecule has 0 spiro atoms. The number of methoxy groups -OCH3 is 1. The van der Waals surface area contributed by atoms with Gasteiger partial charge in [-0.25, -0.2) is 9.59 Å². The molecular weight excluding hydrogens is 346 g/mol. The van der Waals surface area contributed by atoms with Gasteiger partial charge in [0.25, 0.3) is 0 Å². The molecule has 3 N–H and O–H groups in total. The molecule has 1 aromatic carbocycles. The third kappa shape index (κ3) is 5.23. The van der Waals surface area contributed by atoms with E-state index in [1.54, 1.807) is 14.0 Å². The van der Waals surface area contributed by atoms with Crippen molar-refractivity contribution < 1.29 is 24.0 Å². The molecule has 7 heteroatoms. The molecule has 1 unspecified atom stereocenters. The highest BCUT2D eigenvalue weighted by Gasteiger charge is 2.32. The summed E-state index contributed by atoms with van der Waals surface area (Å²) in [6, 6.07) is 5.44. The van der Waals surface area contributed by atoms with Crippen molar-refractivity contribution in [2.45, 2.75) is 39.8 Å². The molecule has 2 amide bonds. The monoisotopic (exact) mass is 376 g/mol. The molecule has 1 aromatic rings. The van der Waals surface area contributed by atoms with Crippen molar-refractivity contribution in [1.82, 2.24) is 10.6 Å². The first-order valence-corrected chi connectivity index (χ1v) is 9.32. The predicted octanol–water partition coefficient (Wildman–Crippen LogP) is 0.927. The molecule has 2 atom stereocenters. The van der Waals surface area contributed by atoms with Gasteiger partial charge >= 0.3 is 12.0 Å². The summed E-state index contributed by atoms with van der Waals surface area (Å²) in [5.41, 5.74) is 3.37. The van der Waals surface area contributed by atoms with Crippen LogP contribution < -0.4 is 20.3 Å². The minimum Gasteiger partial charge on any atom is -0.496 e. The number of likely N-dealkylation sites (N-methyl/N-ethyl adjacent to an activating group) is 1. The number of esters is 1. The number of benzene rings is 1. The zero-order chi connectivity index (χ0) is 20.0. The Kier molecular flexibility index (Phi) is 7.24. The number of carbonyl (C=O) groups is 2. The summed E-state index contributed by atoms with van der Waals surface area (Å²) < 4.78 is 10.7. The van der Waals surface area contributed by atoms with Gasteiger partial charge < -0.3 is 25.0 Å². The first-order chi connectivity index (χ1) is 12.9. The molecule has 1 heterocycles. The molecule has 0 bridgehead atoms. The van der Waals surface area contributed by atoms with Crippen LogP contribution in [0.2, 0.25) is 0 Å². The summed E-state index contributed by atoms with van der Waals surface area (Å²) in [5, 5.41) is 5.60. The van der Waals surface area contributed by atoms with E-state index in [1.165, 1.54) is 0 Å². The number of ether oxygens (including phenoxy) is 2. The number of nitrogens with one attached hydrogen (secondary N) is 3. The molecule has 0 radical (unpaired) electrons. The lowest BCUT2D eigenvalue weighted by Crippen LogP contribution is -3.08. The number of carbonyl (C=O) groups excluding carboxylic acids is 2. The van der Waals surface area contributed by atoms with E-state index in [-0.39, 0.29) is 18.0 Å². The molecule has 0 aromatic heterocycles. The maximum Gasteiger partial charge on any atom is 0.338 e. The topological polar surface area (TPSA) is 81.1 Å². The van der Waals surface area contributed by atoms with Crippen molar-refractivity contribution in [2.75, 3.05) is 27.3 Å². The van der Waals surface area contributed by atoms with E-state index in [1.807, 2.05) is 33.0 Å². The molecule has 0 saturated carbocycles. The van der Waals surface area contributed by atoms with Gasteiger partial charge in [0.1, 0.15) is 18.8 Å². The van der Waals surface area contributed by atoms with Crippen molar-refractivity contribution in [3.05, 3.63) is 40.6 Å². The van der Waals surface area contributed by atoms with E-state index in [4.69, 9.17) is 9.47 Å². The summed E-state index contributed by atoms with van der Waals surface area (Å²) in [7, 11) is 3.68. The zero-order valence-corrected chi connectivity index (χ0v) is 16.8. The van der Waals surface area contributed by atoms with E-state index < -0.39 is 0 Å². The first-order valence-electron chi connectivity index (χ1n) is 9.32. The Bertz CT molecular complexity index is 730. The lowest BCUT2D eigenvalue weighted by molar-refractivity contribution is -0.889. The average Bonchev–Trinajstić information content (AvgIpc) is 2.61. The van der Waals surface area contributed by atoms with E-state index >= 15 is 0 Å². The molecule has 0 saturated heterocycles. The Morgan fingerprint density at radius 3 is 2.63 bits per heavy atom. The van der Waals surface area contributed by atoms with Gasteiger partial charge in [0.05, 0.1) is 38.1 Å². The lowest BCUT2D eigenvalue weighted by atomic mass is 10.00. The van der Waals surface area contributed by atoms with Gasteiger partial charge in [-0.1, -0.05) is 18.6 Å². The fourth-order valence-electron chi connectivity index (χ4n) is 3.34. The van der Waals surface area contributed by atoms with Gasteiger partial charge in [0.2, 0.25) is 0 Å². The minimum atomic E-state index is -0.382. The second-order valence-corrected chi connectivity index (χ2v) is 6.80. The van der Waals surface area contributed by atoms with Crippen molar-refractivity contribution in [3.8, 4) is 5.75 Å². The zero-order valence-electron chi connectivity index (χ0n) is 16.8. The van der Waals surface area contributed by atoms with Gasteiger partial charge in [-0.15, -0.1) is 0 Å². The molecule has 0 fully saturated rings. The quantitative estimate of drug-likeness (QED) is 0.590. The summed E-state index contributed by atoms with van der Waals surface area (Å²) >= 11 is 0. The van der Waals surface area contributed by atoms with Crippen molar-refractivity contribution in [2.24, 2.45) is 0 Å². The number of amides is 2. The molecule has 1 aliphatic heterocycles. The maximum absolute atomic E-state index is 12.5. The predicted molar refractivity (Wildman–Crippen MR) is 103 cm³/mol. The fourth-order valence-corrected chi connectivity index (χ4v) is 3.34. The molecular formula is C20H30N3O4+. The third-order valence-corrected chi connectivity index (χ3v) is 4.55. The SMILES string of the molecule is CCOC(=O)C1=C(C[NH+](C)Cc2cc(C)ccc2OC)NC(=O)N[C@H]1CC. The van der Waals surface area contributed by atoms with Crippen LogP contribution in [0.5, 0.6) is 5.75 Å². The standard InChI is InChI=1S/C20H29N3O4/c1-6-15-18(19(24)27-7-2)16(22-20(25)21-15)12-23(4)11-14-10-13(3)8-9-17(14)26-5/h8-10,15H,6-7,11-12H2,1-5H3,(H2,21,22,25)/p+1/t15-/m0/s1. The summed E-state index contributed by atoms with van der Waals surface area (Å²) in [4.78, 5) is 25.6. The summed E-state index contributed by atoms with van der Waals surface area (Å²) in [6.07, 6.45) is 0.621. The van der Waals surface area contributed by atoms with Crippen LogP contribution in [0.15, 0.2) is 29.5 Å². The van der Waals surface area contributed by atoms with Crippen LogP contribution in [0.3, 0.4) is 0 Å². The van der Waals surface area contributed by atoms with Crippen LogP contribution in [0, 0.1) is 6.92 Å². The van der Waals surface area contributed by atoms with E-state index in [9.17, 15) is 9.59 Å². The Labute approximate surface area is 160 Å². The molecule has 2 rings (SSSR count). The van der Waals surface area contributed by atoms with Crippen molar-refractivity contribution in [3.63, 3.8) is 0 Å². The largest absolute Gasteiger partial charge is 0.496 e. The highest BCUT2D eigenvalue weighted by atomic mass is 16.5. The normalized spacial score (nSPS) is 17.8. The van der Waals surface area contributed by atoms with Gasteiger partial charge in [-0.3, -0.25) is 0 Å². The Morgan fingerprint density at radius 1 is 1.26 bits per heavy atom. The Morgan fingerprint density at radius 2 is 2.00 bits per heavy atom. The van der Waals surface area contributed by atoms with Crippen LogP contribution in [0.1, 0.15) is 31.4 Å². The highest BCUT2D eigenvalue weighted by Crippen LogP contribution is 2.19. The summed E-state index contributed by atoms with van der Waals surface area (Å²) in [6.45, 7) is 7.23. The molecule has 1 aliphatic rings. The molecule has 7 nitrogen and oxygen atoms in total. The minimum absolute atomic E-state index is 0.286. The lowest BCUT2D eigenvalue weighted by Gasteiger charge is -2.29. The van der Waals surface area contributed by atoms with Crippen LogP contribution in [0.25, 0.3) is 0 Å². The molecule has 148 valence electrons. The number of hydrogen-bond donors (Lipinski definition) is 3. The first kappa shape index (κ1) is 20.8. The van der Waals surface area contributed by atoms with Crippen LogP contribution in [-0.4, -0.2) is 45.4 Å². The van der Waals surface area contributed by atoms with E-state index in [0.717, 1.165) is 21.8 Å². The van der Waals surface area contributed by atoms with E-state index in [0.29, 0.717) is 37.4 Å².